The van der Waals surface area contributed by atoms with Crippen molar-refractivity contribution in [1.29, 1.82) is 0 Å². The minimum absolute atomic E-state index is 0.0243. The maximum absolute atomic E-state index is 12.2. The van der Waals surface area contributed by atoms with Crippen LogP contribution in [0.4, 0.5) is 5.69 Å². The third-order valence-electron chi connectivity index (χ3n) is 4.35. The summed E-state index contributed by atoms with van der Waals surface area (Å²) in [7, 11) is -3.71. The first kappa shape index (κ1) is 16.9. The molecule has 1 amide bonds. The number of hydrogen-bond acceptors (Lipinski definition) is 4. The van der Waals surface area contributed by atoms with Crippen LogP contribution in [0.15, 0.2) is 29.2 Å². The predicted octanol–water partition coefficient (Wildman–Crippen LogP) is 1.57. The molecular weight excluding hydrogens is 302 g/mol. The van der Waals surface area contributed by atoms with Crippen LogP contribution in [0.1, 0.15) is 38.5 Å². The van der Waals surface area contributed by atoms with Crippen LogP contribution >= 0.6 is 0 Å². The monoisotopic (exact) mass is 325 g/mol. The number of carbonyl (C=O) groups excluding carboxylic acids is 1. The lowest BCUT2D eigenvalue weighted by molar-refractivity contribution is -0.118. The Morgan fingerprint density at radius 3 is 2.23 bits per heavy atom. The van der Waals surface area contributed by atoms with Gasteiger partial charge in [-0.2, -0.15) is 0 Å². The van der Waals surface area contributed by atoms with Gasteiger partial charge in [0.2, 0.25) is 15.9 Å². The topological polar surface area (TPSA) is 115 Å². The number of hydrogen-bond donors (Lipinski definition) is 3. The highest BCUT2D eigenvalue weighted by atomic mass is 32.2. The van der Waals surface area contributed by atoms with Gasteiger partial charge < -0.3 is 11.1 Å². The number of sulfonamides is 1. The minimum Gasteiger partial charge on any atom is -0.330 e. The van der Waals surface area contributed by atoms with Crippen molar-refractivity contribution in [3.05, 3.63) is 24.3 Å². The molecular formula is C15H23N3O3S. The number of amides is 1. The second-order valence-electron chi connectivity index (χ2n) is 6.06. The molecule has 0 bridgehead atoms. The van der Waals surface area contributed by atoms with Gasteiger partial charge in [0.25, 0.3) is 0 Å². The molecule has 6 nitrogen and oxygen atoms in total. The molecule has 1 aromatic rings. The molecule has 1 aliphatic carbocycles. The molecule has 7 heteroatoms. The van der Waals surface area contributed by atoms with Crippen molar-refractivity contribution in [3.8, 4) is 0 Å². The fraction of sp³-hybridized carbons (Fsp3) is 0.533. The van der Waals surface area contributed by atoms with E-state index in [1.165, 1.54) is 30.7 Å². The first-order valence-electron chi connectivity index (χ1n) is 7.47. The van der Waals surface area contributed by atoms with Gasteiger partial charge in [0.1, 0.15) is 0 Å². The van der Waals surface area contributed by atoms with E-state index in [-0.39, 0.29) is 16.2 Å². The molecule has 0 atom stereocenters. The summed E-state index contributed by atoms with van der Waals surface area (Å²) in [6, 6.07) is 5.83. The number of nitrogens with two attached hydrogens (primary N) is 2. The first-order chi connectivity index (χ1) is 10.3. The molecule has 5 N–H and O–H groups in total. The van der Waals surface area contributed by atoms with Gasteiger partial charge in [-0.25, -0.2) is 13.6 Å². The molecule has 0 unspecified atom stereocenters. The van der Waals surface area contributed by atoms with Crippen molar-refractivity contribution in [2.45, 2.75) is 43.4 Å². The highest BCUT2D eigenvalue weighted by Gasteiger charge is 2.32. The fourth-order valence-corrected chi connectivity index (χ4v) is 3.54. The Balaban J connectivity index is 1.99. The zero-order chi connectivity index (χ0) is 16.2. The molecule has 0 spiro atoms. The van der Waals surface area contributed by atoms with E-state index < -0.39 is 10.0 Å². The standard InChI is InChI=1S/C15H23N3O3S/c16-11-15(8-2-1-3-9-15)10-14(19)18-12-4-6-13(7-5-12)22(17,20)21/h4-7H,1-3,8-11,16H2,(H,18,19)(H2,17,20,21). The molecule has 1 aromatic carbocycles. The number of anilines is 1. The van der Waals surface area contributed by atoms with E-state index in [2.05, 4.69) is 5.32 Å². The molecule has 0 heterocycles. The number of rotatable bonds is 5. The van der Waals surface area contributed by atoms with E-state index in [0.717, 1.165) is 25.7 Å². The predicted molar refractivity (Wildman–Crippen MR) is 85.6 cm³/mol. The Morgan fingerprint density at radius 1 is 1.14 bits per heavy atom. The highest BCUT2D eigenvalue weighted by molar-refractivity contribution is 7.89. The van der Waals surface area contributed by atoms with E-state index in [9.17, 15) is 13.2 Å². The van der Waals surface area contributed by atoms with E-state index in [1.807, 2.05) is 0 Å². The Kier molecular flexibility index (Phi) is 5.20. The Hall–Kier alpha value is -1.44. The molecule has 1 fully saturated rings. The van der Waals surface area contributed by atoms with Gasteiger partial charge in [-0.15, -0.1) is 0 Å². The van der Waals surface area contributed by atoms with Crippen LogP contribution in [0.2, 0.25) is 0 Å². The van der Waals surface area contributed by atoms with Gasteiger partial charge in [-0.3, -0.25) is 4.79 Å². The van der Waals surface area contributed by atoms with E-state index >= 15 is 0 Å². The van der Waals surface area contributed by atoms with E-state index in [0.29, 0.717) is 18.7 Å². The normalized spacial score (nSPS) is 17.9. The zero-order valence-corrected chi connectivity index (χ0v) is 13.4. The van der Waals surface area contributed by atoms with Gasteiger partial charge in [0.05, 0.1) is 4.90 Å². The summed E-state index contributed by atoms with van der Waals surface area (Å²) in [5, 5.41) is 7.83. The summed E-state index contributed by atoms with van der Waals surface area (Å²) in [6.07, 6.45) is 5.82. The van der Waals surface area contributed by atoms with Crippen molar-refractivity contribution in [3.63, 3.8) is 0 Å². The molecule has 22 heavy (non-hydrogen) atoms. The molecule has 2 rings (SSSR count). The molecule has 1 aliphatic rings. The van der Waals surface area contributed by atoms with Gasteiger partial charge >= 0.3 is 0 Å². The lowest BCUT2D eigenvalue weighted by Crippen LogP contribution is -2.36. The maximum Gasteiger partial charge on any atom is 0.238 e. The summed E-state index contributed by atoms with van der Waals surface area (Å²) in [5.74, 6) is -0.0873. The second-order valence-corrected chi connectivity index (χ2v) is 7.62. The largest absolute Gasteiger partial charge is 0.330 e. The van der Waals surface area contributed by atoms with Crippen LogP contribution in [0.5, 0.6) is 0 Å². The van der Waals surface area contributed by atoms with Crippen molar-refractivity contribution >= 4 is 21.6 Å². The molecule has 0 aromatic heterocycles. The quantitative estimate of drug-likeness (QED) is 0.762. The SMILES string of the molecule is NCC1(CC(=O)Nc2ccc(S(N)(=O)=O)cc2)CCCCC1. The van der Waals surface area contributed by atoms with Crippen LogP contribution in [0.3, 0.4) is 0 Å². The van der Waals surface area contributed by atoms with Crippen LogP contribution < -0.4 is 16.2 Å². The van der Waals surface area contributed by atoms with Gasteiger partial charge in [0, 0.05) is 12.1 Å². The van der Waals surface area contributed by atoms with Crippen LogP contribution in [0.25, 0.3) is 0 Å². The highest BCUT2D eigenvalue weighted by Crippen LogP contribution is 2.38. The van der Waals surface area contributed by atoms with Crippen molar-refractivity contribution in [1.82, 2.24) is 0 Å². The molecule has 0 radical (unpaired) electrons. The molecule has 122 valence electrons. The van der Waals surface area contributed by atoms with Crippen LogP contribution in [0, 0.1) is 5.41 Å². The maximum atomic E-state index is 12.2. The summed E-state index contributed by atoms with van der Waals surface area (Å²) in [6.45, 7) is 0.519. The first-order valence-corrected chi connectivity index (χ1v) is 9.02. The smallest absolute Gasteiger partial charge is 0.238 e. The minimum atomic E-state index is -3.71. The van der Waals surface area contributed by atoms with Gasteiger partial charge in [0.15, 0.2) is 0 Å². The van der Waals surface area contributed by atoms with Gasteiger partial charge in [-0.05, 0) is 49.1 Å². The average molecular weight is 325 g/mol. The lowest BCUT2D eigenvalue weighted by atomic mass is 9.71. The average Bonchev–Trinajstić information content (AvgIpc) is 2.47. The second kappa shape index (κ2) is 6.76. The number of benzene rings is 1. The van der Waals surface area contributed by atoms with E-state index in [1.54, 1.807) is 0 Å². The van der Waals surface area contributed by atoms with Crippen molar-refractivity contribution in [2.75, 3.05) is 11.9 Å². The summed E-state index contributed by atoms with van der Waals surface area (Å²) in [4.78, 5) is 12.2. The van der Waals surface area contributed by atoms with Crippen LogP contribution in [-0.4, -0.2) is 20.9 Å². The summed E-state index contributed by atoms with van der Waals surface area (Å²) >= 11 is 0. The molecule has 0 aliphatic heterocycles. The van der Waals surface area contributed by atoms with Gasteiger partial charge in [-0.1, -0.05) is 19.3 Å². The van der Waals surface area contributed by atoms with E-state index in [4.69, 9.17) is 10.9 Å². The lowest BCUT2D eigenvalue weighted by Gasteiger charge is -2.35. The fourth-order valence-electron chi connectivity index (χ4n) is 3.03. The number of carbonyl (C=O) groups is 1. The Labute approximate surface area is 131 Å². The zero-order valence-electron chi connectivity index (χ0n) is 12.5. The van der Waals surface area contributed by atoms with Crippen molar-refractivity contribution < 1.29 is 13.2 Å². The Morgan fingerprint density at radius 2 is 1.73 bits per heavy atom. The number of primary sulfonamides is 1. The van der Waals surface area contributed by atoms with Crippen molar-refractivity contribution in [2.24, 2.45) is 16.3 Å². The van der Waals surface area contributed by atoms with Crippen LogP contribution in [-0.2, 0) is 14.8 Å². The molecule has 0 saturated heterocycles. The third kappa shape index (κ3) is 4.28. The summed E-state index contributed by atoms with van der Waals surface area (Å²) in [5.41, 5.74) is 6.35. The third-order valence-corrected chi connectivity index (χ3v) is 5.28. The summed E-state index contributed by atoms with van der Waals surface area (Å²) < 4.78 is 22.4. The Bertz CT molecular complexity index is 620. The molecule has 1 saturated carbocycles. The number of nitrogens with one attached hydrogen (secondary N) is 1.